The van der Waals surface area contributed by atoms with E-state index in [1.807, 2.05) is 6.26 Å². The van der Waals surface area contributed by atoms with Crippen molar-refractivity contribution in [3.8, 4) is 0 Å². The molecule has 0 radical (unpaired) electrons. The van der Waals surface area contributed by atoms with E-state index >= 15 is 0 Å². The van der Waals surface area contributed by atoms with Gasteiger partial charge in [0.15, 0.2) is 0 Å². The summed E-state index contributed by atoms with van der Waals surface area (Å²) < 4.78 is -1.77. The third-order valence-electron chi connectivity index (χ3n) is 0.528. The molecule has 7 heavy (non-hydrogen) atoms. The predicted molar refractivity (Wildman–Crippen MR) is 50.3 cm³/mol. The fraction of sp³-hybridized carbons (Fsp3) is 1.00. The molecule has 0 unspecified atom stereocenters. The van der Waals surface area contributed by atoms with Gasteiger partial charge in [0.25, 0.3) is 0 Å². The first kappa shape index (κ1) is 8.48. The van der Waals surface area contributed by atoms with E-state index in [4.69, 9.17) is 0 Å². The van der Waals surface area contributed by atoms with Gasteiger partial charge in [-0.05, 0) is 0 Å². The summed E-state index contributed by atoms with van der Waals surface area (Å²) in [7, 11) is 0. The molecule has 0 saturated carbocycles. The van der Waals surface area contributed by atoms with Gasteiger partial charge in [0.05, 0.1) is 0 Å². The molecule has 0 atom stereocenters. The Hall–Kier alpha value is 1.48. The Morgan fingerprint density at radius 2 is 1.43 bits per heavy atom. The molecular formula is C3H11PS3. The maximum absolute atomic E-state index is 4.37. The quantitative estimate of drug-likeness (QED) is 0.455. The Labute approximate surface area is 59.8 Å². The van der Waals surface area contributed by atoms with Crippen LogP contribution in [0.2, 0.25) is 0 Å². The number of hydrogen-bond donors (Lipinski definition) is 2. The van der Waals surface area contributed by atoms with Crippen LogP contribution in [-0.2, 0) is 0 Å². The molecule has 0 N–H and O–H groups in total. The van der Waals surface area contributed by atoms with Crippen molar-refractivity contribution in [1.29, 1.82) is 0 Å². The van der Waals surface area contributed by atoms with Crippen LogP contribution in [-0.4, -0.2) is 19.6 Å². The zero-order valence-electron chi connectivity index (χ0n) is 4.75. The van der Waals surface area contributed by atoms with Gasteiger partial charge in [0, 0.05) is 0 Å². The van der Waals surface area contributed by atoms with Crippen molar-refractivity contribution in [2.45, 2.75) is 0 Å². The fourth-order valence-electron chi connectivity index (χ4n) is 0. The van der Waals surface area contributed by atoms with Crippen molar-refractivity contribution >= 4 is 40.1 Å². The van der Waals surface area contributed by atoms with Gasteiger partial charge in [-0.25, -0.2) is 0 Å². The molecule has 0 aliphatic rings. The van der Waals surface area contributed by atoms with Crippen molar-refractivity contribution in [2.24, 2.45) is 0 Å². The zero-order valence-corrected chi connectivity index (χ0v) is 8.25. The number of thiol groups is 2. The van der Waals surface area contributed by atoms with Crippen LogP contribution in [0.4, 0.5) is 0 Å². The predicted octanol–water partition coefficient (Wildman–Crippen LogP) is 2.77. The molecular weight excluding hydrogens is 163 g/mol. The van der Waals surface area contributed by atoms with E-state index in [1.54, 1.807) is 11.4 Å². The standard InChI is InChI=1S/C3H11PS3/c1-4(2,5,6)7-3/h5-6H,1-3H3. The average molecular weight is 174 g/mol. The van der Waals surface area contributed by atoms with Gasteiger partial charge in [0.2, 0.25) is 0 Å². The van der Waals surface area contributed by atoms with Crippen LogP contribution in [0, 0.1) is 0 Å². The molecule has 0 heterocycles. The Kier molecular flexibility index (Phi) is 2.44. The molecule has 0 spiro atoms. The summed E-state index contributed by atoms with van der Waals surface area (Å²) in [5.74, 6) is 0. The normalized spacial score (nSPS) is 18.1. The van der Waals surface area contributed by atoms with Crippen LogP contribution in [0.1, 0.15) is 0 Å². The van der Waals surface area contributed by atoms with Crippen LogP contribution in [0.5, 0.6) is 0 Å². The monoisotopic (exact) mass is 174 g/mol. The van der Waals surface area contributed by atoms with Gasteiger partial charge >= 0.3 is 59.7 Å². The maximum atomic E-state index is 4.37. The van der Waals surface area contributed by atoms with Gasteiger partial charge in [-0.2, -0.15) is 0 Å². The molecule has 0 aromatic heterocycles. The SMILES string of the molecule is CSP(C)(C)(S)S. The van der Waals surface area contributed by atoms with Crippen LogP contribution < -0.4 is 0 Å². The van der Waals surface area contributed by atoms with Gasteiger partial charge in [-0.15, -0.1) is 0 Å². The first-order valence-electron chi connectivity index (χ1n) is 1.89. The van der Waals surface area contributed by atoms with E-state index in [2.05, 4.69) is 37.8 Å². The van der Waals surface area contributed by atoms with Gasteiger partial charge in [0.1, 0.15) is 0 Å². The van der Waals surface area contributed by atoms with Crippen LogP contribution >= 0.6 is 40.1 Å². The first-order chi connectivity index (χ1) is 2.81. The summed E-state index contributed by atoms with van der Waals surface area (Å²) in [6, 6.07) is 0. The molecule has 0 nitrogen and oxygen atoms in total. The van der Waals surface area contributed by atoms with Crippen LogP contribution in [0.3, 0.4) is 0 Å². The Balaban J connectivity index is 3.83. The van der Waals surface area contributed by atoms with Crippen LogP contribution in [0.15, 0.2) is 0 Å². The van der Waals surface area contributed by atoms with Crippen molar-refractivity contribution < 1.29 is 0 Å². The molecule has 46 valence electrons. The molecule has 0 aliphatic heterocycles. The minimum absolute atomic E-state index is 1.74. The second-order valence-electron chi connectivity index (χ2n) is 2.05. The molecule has 0 bridgehead atoms. The molecule has 0 fully saturated rings. The topological polar surface area (TPSA) is 0 Å². The van der Waals surface area contributed by atoms with Gasteiger partial charge in [-0.3, -0.25) is 0 Å². The third kappa shape index (κ3) is 7.48. The zero-order chi connectivity index (χ0) is 6.15. The fourth-order valence-corrected chi connectivity index (χ4v) is 0. The van der Waals surface area contributed by atoms with Gasteiger partial charge < -0.3 is 0 Å². The number of rotatable bonds is 1. The molecule has 0 aromatic rings. The Morgan fingerprint density at radius 3 is 1.43 bits per heavy atom. The summed E-state index contributed by atoms with van der Waals surface area (Å²) >= 11 is 10.5. The minimum atomic E-state index is -1.77. The average Bonchev–Trinajstić information content (AvgIpc) is 1.32. The van der Waals surface area contributed by atoms with Crippen molar-refractivity contribution in [1.82, 2.24) is 0 Å². The first-order valence-corrected chi connectivity index (χ1v) is 9.15. The number of hydrogen-bond acceptors (Lipinski definition) is 3. The summed E-state index contributed by atoms with van der Waals surface area (Å²) in [4.78, 5) is 0. The van der Waals surface area contributed by atoms with Crippen LogP contribution in [0.25, 0.3) is 0 Å². The van der Waals surface area contributed by atoms with Gasteiger partial charge in [-0.1, -0.05) is 0 Å². The Bertz CT molecular complexity index is 62.7. The van der Waals surface area contributed by atoms with E-state index in [9.17, 15) is 0 Å². The Morgan fingerprint density at radius 1 is 1.29 bits per heavy atom. The second kappa shape index (κ2) is 2.02. The molecule has 0 saturated heterocycles. The van der Waals surface area contributed by atoms with Crippen molar-refractivity contribution in [3.05, 3.63) is 0 Å². The molecule has 4 heteroatoms. The summed E-state index contributed by atoms with van der Waals surface area (Å²) in [5.41, 5.74) is 0. The van der Waals surface area contributed by atoms with E-state index in [-0.39, 0.29) is 0 Å². The van der Waals surface area contributed by atoms with E-state index < -0.39 is 4.21 Å². The van der Waals surface area contributed by atoms with E-state index in [1.165, 1.54) is 0 Å². The summed E-state index contributed by atoms with van der Waals surface area (Å²) in [6.07, 6.45) is 2.04. The molecule has 0 amide bonds. The molecule has 0 rings (SSSR count). The second-order valence-corrected chi connectivity index (χ2v) is 20.3. The van der Waals surface area contributed by atoms with Crippen molar-refractivity contribution in [2.75, 3.05) is 19.6 Å². The van der Waals surface area contributed by atoms with E-state index in [0.717, 1.165) is 0 Å². The molecule has 0 aliphatic carbocycles. The summed E-state index contributed by atoms with van der Waals surface area (Å²) in [6.45, 7) is 4.17. The molecule has 0 aromatic carbocycles. The third-order valence-corrected chi connectivity index (χ3v) is 7.70. The van der Waals surface area contributed by atoms with E-state index in [0.29, 0.717) is 0 Å². The van der Waals surface area contributed by atoms with Crippen molar-refractivity contribution in [3.63, 3.8) is 0 Å². The summed E-state index contributed by atoms with van der Waals surface area (Å²) in [5, 5.41) is 0.